The zero-order valence-corrected chi connectivity index (χ0v) is 14.1. The molecular formula is C18H23NO5. The Bertz CT molecular complexity index is 625. The molecule has 0 spiro atoms. The van der Waals surface area contributed by atoms with Gasteiger partial charge in [0.05, 0.1) is 10.5 Å². The second-order valence-electron chi connectivity index (χ2n) is 6.62. The van der Waals surface area contributed by atoms with Gasteiger partial charge in [-0.3, -0.25) is 14.9 Å². The Balaban J connectivity index is 1.97. The van der Waals surface area contributed by atoms with Gasteiger partial charge in [0.1, 0.15) is 0 Å². The molecule has 0 heterocycles. The number of ketones is 1. The van der Waals surface area contributed by atoms with Crippen LogP contribution in [0.2, 0.25) is 0 Å². The Kier molecular flexibility index (Phi) is 5.70. The number of nitrogens with zero attached hydrogens (tertiary/aromatic N) is 1. The van der Waals surface area contributed by atoms with Gasteiger partial charge in [-0.15, -0.1) is 0 Å². The van der Waals surface area contributed by atoms with Gasteiger partial charge in [0.2, 0.25) is 0 Å². The number of benzene rings is 1. The van der Waals surface area contributed by atoms with Crippen LogP contribution in [-0.4, -0.2) is 22.8 Å². The number of hydrogen-bond acceptors (Lipinski definition) is 5. The highest BCUT2D eigenvalue weighted by atomic mass is 16.6. The molecule has 1 aliphatic rings. The van der Waals surface area contributed by atoms with E-state index in [4.69, 9.17) is 4.74 Å². The molecule has 0 aromatic heterocycles. The van der Waals surface area contributed by atoms with Crippen LogP contribution in [0.3, 0.4) is 0 Å². The lowest BCUT2D eigenvalue weighted by Gasteiger charge is -2.22. The molecule has 2 rings (SSSR count). The van der Waals surface area contributed by atoms with E-state index in [0.717, 1.165) is 32.1 Å². The average Bonchev–Trinajstić information content (AvgIpc) is 2.84. The first-order valence-corrected chi connectivity index (χ1v) is 8.37. The number of nitro groups is 1. The average molecular weight is 333 g/mol. The maximum absolute atomic E-state index is 12.6. The topological polar surface area (TPSA) is 86.5 Å². The second-order valence-corrected chi connectivity index (χ2v) is 6.62. The largest absolute Gasteiger partial charge is 0.451 e. The van der Waals surface area contributed by atoms with Gasteiger partial charge in [0.15, 0.2) is 11.9 Å². The summed E-state index contributed by atoms with van der Waals surface area (Å²) in [5, 5.41) is 10.6. The van der Waals surface area contributed by atoms with Crippen LogP contribution in [0.5, 0.6) is 0 Å². The smallest absolute Gasteiger partial charge is 0.338 e. The first-order valence-electron chi connectivity index (χ1n) is 8.37. The van der Waals surface area contributed by atoms with E-state index < -0.39 is 22.4 Å². The van der Waals surface area contributed by atoms with Crippen molar-refractivity contribution in [2.75, 3.05) is 0 Å². The molecule has 0 amide bonds. The third-order valence-corrected chi connectivity index (χ3v) is 4.74. The summed E-state index contributed by atoms with van der Waals surface area (Å²) in [4.78, 5) is 34.8. The van der Waals surface area contributed by atoms with Crippen molar-refractivity contribution >= 4 is 17.4 Å². The summed E-state index contributed by atoms with van der Waals surface area (Å²) in [7, 11) is 0. The first kappa shape index (κ1) is 18.1. The van der Waals surface area contributed by atoms with E-state index in [1.165, 1.54) is 24.3 Å². The zero-order valence-electron chi connectivity index (χ0n) is 14.1. The number of non-ortho nitro benzene ring substituents is 1. The summed E-state index contributed by atoms with van der Waals surface area (Å²) in [6.45, 7) is 4.07. The van der Waals surface area contributed by atoms with Gasteiger partial charge < -0.3 is 4.74 Å². The quantitative estimate of drug-likeness (QED) is 0.325. The lowest BCUT2D eigenvalue weighted by Crippen LogP contribution is -2.31. The summed E-state index contributed by atoms with van der Waals surface area (Å²) in [5.74, 6) is -0.616. The fraction of sp³-hybridized carbons (Fsp3) is 0.556. The number of Topliss-reactive ketones (excluding diaryl/α,β-unsaturated/α-hetero) is 1. The van der Waals surface area contributed by atoms with E-state index in [2.05, 4.69) is 6.92 Å². The highest BCUT2D eigenvalue weighted by Crippen LogP contribution is 2.40. The van der Waals surface area contributed by atoms with E-state index in [-0.39, 0.29) is 17.0 Å². The number of unbranched alkanes of at least 4 members (excludes halogenated alkanes) is 2. The third kappa shape index (κ3) is 3.99. The van der Waals surface area contributed by atoms with Crippen molar-refractivity contribution in [2.45, 2.75) is 58.5 Å². The molecule has 1 saturated carbocycles. The maximum Gasteiger partial charge on any atom is 0.338 e. The van der Waals surface area contributed by atoms with Crippen LogP contribution in [0.25, 0.3) is 0 Å². The van der Waals surface area contributed by atoms with Crippen molar-refractivity contribution in [1.82, 2.24) is 0 Å². The van der Waals surface area contributed by atoms with Gasteiger partial charge in [-0.05, 0) is 31.4 Å². The van der Waals surface area contributed by atoms with E-state index >= 15 is 0 Å². The molecule has 0 radical (unpaired) electrons. The summed E-state index contributed by atoms with van der Waals surface area (Å²) in [5.41, 5.74) is -0.282. The summed E-state index contributed by atoms with van der Waals surface area (Å²) >= 11 is 0. The number of rotatable bonds is 7. The monoisotopic (exact) mass is 333 g/mol. The van der Waals surface area contributed by atoms with E-state index in [0.29, 0.717) is 6.42 Å². The highest BCUT2D eigenvalue weighted by Gasteiger charge is 2.45. The van der Waals surface area contributed by atoms with Gasteiger partial charge in [-0.2, -0.15) is 0 Å². The van der Waals surface area contributed by atoms with Crippen LogP contribution in [0.4, 0.5) is 5.69 Å². The zero-order chi connectivity index (χ0) is 17.7. The number of carbonyl (C=O) groups is 2. The van der Waals surface area contributed by atoms with Crippen LogP contribution in [0, 0.1) is 15.5 Å². The molecular weight excluding hydrogens is 310 g/mol. The molecule has 0 N–H and O–H groups in total. The molecule has 24 heavy (non-hydrogen) atoms. The molecule has 0 aliphatic heterocycles. The number of ether oxygens (including phenoxy) is 1. The van der Waals surface area contributed by atoms with Crippen molar-refractivity contribution in [3.63, 3.8) is 0 Å². The van der Waals surface area contributed by atoms with Crippen LogP contribution in [0.15, 0.2) is 24.3 Å². The molecule has 130 valence electrons. The standard InChI is InChI=1S/C18H23NO5/c1-3-4-5-11-18(2)12-10-15(16(18)20)24-17(21)13-6-8-14(9-7-13)19(22)23/h6-9,15H,3-5,10-12H2,1-2H3/t15-,18-/m0/s1. The minimum Gasteiger partial charge on any atom is -0.451 e. The Hall–Kier alpha value is -2.24. The first-order chi connectivity index (χ1) is 11.4. The van der Waals surface area contributed by atoms with Gasteiger partial charge in [-0.25, -0.2) is 4.79 Å². The second kappa shape index (κ2) is 7.55. The molecule has 0 bridgehead atoms. The number of esters is 1. The van der Waals surface area contributed by atoms with Crippen LogP contribution >= 0.6 is 0 Å². The normalized spacial score (nSPS) is 23.2. The fourth-order valence-electron chi connectivity index (χ4n) is 3.13. The van der Waals surface area contributed by atoms with Crippen molar-refractivity contribution in [3.05, 3.63) is 39.9 Å². The van der Waals surface area contributed by atoms with Crippen molar-refractivity contribution < 1.29 is 19.2 Å². The lowest BCUT2D eigenvalue weighted by atomic mass is 9.82. The van der Waals surface area contributed by atoms with E-state index in [9.17, 15) is 19.7 Å². The molecule has 6 heteroatoms. The van der Waals surface area contributed by atoms with Gasteiger partial charge in [0, 0.05) is 17.5 Å². The lowest BCUT2D eigenvalue weighted by molar-refractivity contribution is -0.384. The number of carbonyl (C=O) groups excluding carboxylic acids is 2. The molecule has 2 atom stereocenters. The molecule has 1 fully saturated rings. The number of nitro benzene ring substituents is 1. The van der Waals surface area contributed by atoms with Crippen LogP contribution in [-0.2, 0) is 9.53 Å². The van der Waals surface area contributed by atoms with Gasteiger partial charge >= 0.3 is 5.97 Å². The van der Waals surface area contributed by atoms with Crippen molar-refractivity contribution in [2.24, 2.45) is 5.41 Å². The van der Waals surface area contributed by atoms with Crippen molar-refractivity contribution in [1.29, 1.82) is 0 Å². The summed E-state index contributed by atoms with van der Waals surface area (Å²) in [6, 6.07) is 5.20. The SMILES string of the molecule is CCCCC[C@@]1(C)CC[C@H](OC(=O)c2ccc([N+](=O)[O-])cc2)C1=O. The highest BCUT2D eigenvalue weighted by molar-refractivity contribution is 5.95. The predicted molar refractivity (Wildman–Crippen MR) is 88.8 cm³/mol. The Morgan fingerprint density at radius 3 is 2.58 bits per heavy atom. The van der Waals surface area contributed by atoms with Gasteiger partial charge in [0.25, 0.3) is 5.69 Å². The maximum atomic E-state index is 12.6. The molecule has 6 nitrogen and oxygen atoms in total. The summed E-state index contributed by atoms with van der Waals surface area (Å²) in [6.07, 6.45) is 4.58. The molecule has 1 aromatic rings. The molecule has 0 unspecified atom stereocenters. The molecule has 1 aromatic carbocycles. The Labute approximate surface area is 141 Å². The van der Waals surface area contributed by atoms with E-state index in [1.54, 1.807) is 0 Å². The van der Waals surface area contributed by atoms with Crippen LogP contribution in [0.1, 0.15) is 62.7 Å². The molecule has 0 saturated heterocycles. The van der Waals surface area contributed by atoms with Gasteiger partial charge in [-0.1, -0.05) is 33.1 Å². The predicted octanol–water partition coefficient (Wildman–Crippen LogP) is 4.07. The Morgan fingerprint density at radius 1 is 1.33 bits per heavy atom. The minimum absolute atomic E-state index is 0.00568. The summed E-state index contributed by atoms with van der Waals surface area (Å²) < 4.78 is 5.35. The van der Waals surface area contributed by atoms with E-state index in [1.807, 2.05) is 6.92 Å². The Morgan fingerprint density at radius 2 is 2.00 bits per heavy atom. The molecule has 1 aliphatic carbocycles. The fourth-order valence-corrected chi connectivity index (χ4v) is 3.13. The minimum atomic E-state index is -0.709. The van der Waals surface area contributed by atoms with Crippen molar-refractivity contribution in [3.8, 4) is 0 Å². The number of hydrogen-bond donors (Lipinski definition) is 0. The third-order valence-electron chi connectivity index (χ3n) is 4.74. The van der Waals surface area contributed by atoms with Crippen LogP contribution < -0.4 is 0 Å².